The molecule has 3 aromatic carbocycles. The minimum absolute atomic E-state index is 0. The Bertz CT molecular complexity index is 1460. The van der Waals surface area contributed by atoms with Crippen LogP contribution in [0.1, 0.15) is 34.0 Å². The van der Waals surface area contributed by atoms with Crippen molar-refractivity contribution >= 4 is 47.1 Å². The number of aromatic nitrogens is 2. The SMILES string of the molecule is CCc1cccc(N2C(=O)c3ccccc3C2(O)c2ccc3nc(NC(=O)OC)[nH]c3c2)c1F.Cl. The molecule has 1 aromatic heterocycles. The van der Waals surface area contributed by atoms with Gasteiger partial charge in [0.15, 0.2) is 5.72 Å². The summed E-state index contributed by atoms with van der Waals surface area (Å²) in [5.41, 5.74) is 0.409. The third-order valence-electron chi connectivity index (χ3n) is 6.03. The lowest BCUT2D eigenvalue weighted by molar-refractivity contribution is 0.0699. The molecule has 0 saturated heterocycles. The molecular formula is C25H22ClFN4O4. The minimum atomic E-state index is -1.98. The van der Waals surface area contributed by atoms with E-state index in [1.807, 2.05) is 6.92 Å². The Kier molecular flexibility index (Phi) is 6.23. The van der Waals surface area contributed by atoms with Crippen LogP contribution in [0.5, 0.6) is 0 Å². The number of aliphatic hydroxyl groups is 1. The first kappa shape index (κ1) is 24.2. The first-order valence-electron chi connectivity index (χ1n) is 10.7. The van der Waals surface area contributed by atoms with E-state index >= 15 is 4.39 Å². The Labute approximate surface area is 206 Å². The molecule has 8 nitrogen and oxygen atoms in total. The number of nitrogens with one attached hydrogen (secondary N) is 2. The van der Waals surface area contributed by atoms with Crippen LogP contribution in [0, 0.1) is 5.82 Å². The molecule has 2 amide bonds. The summed E-state index contributed by atoms with van der Waals surface area (Å²) in [6.07, 6.45) is -0.255. The van der Waals surface area contributed by atoms with Crippen LogP contribution in [0.2, 0.25) is 0 Å². The molecule has 1 aliphatic rings. The van der Waals surface area contributed by atoms with Gasteiger partial charge in [-0.05, 0) is 36.2 Å². The first-order chi connectivity index (χ1) is 16.4. The fourth-order valence-electron chi connectivity index (χ4n) is 4.38. The maximum absolute atomic E-state index is 15.4. The zero-order valence-electron chi connectivity index (χ0n) is 18.8. The van der Waals surface area contributed by atoms with Crippen LogP contribution >= 0.6 is 12.4 Å². The third-order valence-corrected chi connectivity index (χ3v) is 6.03. The molecule has 1 aliphatic heterocycles. The Morgan fingerprint density at radius 3 is 2.71 bits per heavy atom. The van der Waals surface area contributed by atoms with E-state index in [1.54, 1.807) is 54.6 Å². The molecule has 0 bridgehead atoms. The van der Waals surface area contributed by atoms with Gasteiger partial charge in [0.2, 0.25) is 5.95 Å². The number of nitrogens with zero attached hydrogens (tertiary/aromatic N) is 2. The number of anilines is 2. The van der Waals surface area contributed by atoms with Gasteiger partial charge in [-0.15, -0.1) is 12.4 Å². The van der Waals surface area contributed by atoms with Crippen LogP contribution in [0.3, 0.4) is 0 Å². The lowest BCUT2D eigenvalue weighted by Crippen LogP contribution is -2.45. The van der Waals surface area contributed by atoms with Gasteiger partial charge in [0.1, 0.15) is 5.82 Å². The number of hydrogen-bond acceptors (Lipinski definition) is 5. The fraction of sp³-hybridized carbons (Fsp3) is 0.160. The molecule has 0 radical (unpaired) electrons. The zero-order valence-corrected chi connectivity index (χ0v) is 19.6. The molecule has 3 N–H and O–H groups in total. The summed E-state index contributed by atoms with van der Waals surface area (Å²) in [5, 5.41) is 14.6. The van der Waals surface area contributed by atoms with Crippen molar-refractivity contribution in [3.05, 3.63) is 88.7 Å². The monoisotopic (exact) mass is 496 g/mol. The second-order valence-corrected chi connectivity index (χ2v) is 7.90. The number of carbonyl (C=O) groups is 2. The summed E-state index contributed by atoms with van der Waals surface area (Å²) >= 11 is 0. The fourth-order valence-corrected chi connectivity index (χ4v) is 4.38. The van der Waals surface area contributed by atoms with Crippen molar-refractivity contribution in [2.75, 3.05) is 17.3 Å². The second kappa shape index (κ2) is 9.01. The number of imidazole rings is 1. The number of hydrogen-bond donors (Lipinski definition) is 3. The van der Waals surface area contributed by atoms with Crippen molar-refractivity contribution < 1.29 is 23.8 Å². The molecule has 0 saturated carbocycles. The van der Waals surface area contributed by atoms with Gasteiger partial charge in [0, 0.05) is 16.7 Å². The molecule has 0 spiro atoms. The van der Waals surface area contributed by atoms with Gasteiger partial charge in [0.25, 0.3) is 5.91 Å². The minimum Gasteiger partial charge on any atom is -0.453 e. The molecule has 1 atom stereocenters. The number of amides is 2. The molecule has 0 fully saturated rings. The van der Waals surface area contributed by atoms with Crippen molar-refractivity contribution in [3.8, 4) is 0 Å². The quantitative estimate of drug-likeness (QED) is 0.379. The molecule has 35 heavy (non-hydrogen) atoms. The Balaban J connectivity index is 0.00000289. The van der Waals surface area contributed by atoms with Crippen LogP contribution in [-0.2, 0) is 16.9 Å². The standard InChI is InChI=1S/C25H21FN4O4.ClH/c1-3-14-7-6-10-20(21(14)26)30-22(31)16-8-4-5-9-17(16)25(30,33)15-11-12-18-19(13-15)28-23(27-18)29-24(32)34-2;/h4-13,33H,3H2,1-2H3,(H2,27,28,29,32);1H. The van der Waals surface area contributed by atoms with Gasteiger partial charge in [-0.2, -0.15) is 0 Å². The van der Waals surface area contributed by atoms with Gasteiger partial charge in [-0.3, -0.25) is 15.0 Å². The average molecular weight is 497 g/mol. The summed E-state index contributed by atoms with van der Waals surface area (Å²) in [7, 11) is 1.24. The molecule has 0 aliphatic carbocycles. The number of H-pyrrole nitrogens is 1. The van der Waals surface area contributed by atoms with Gasteiger partial charge in [-0.1, -0.05) is 43.3 Å². The molecule has 5 rings (SSSR count). The van der Waals surface area contributed by atoms with Crippen LogP contribution in [0.4, 0.5) is 20.8 Å². The lowest BCUT2D eigenvalue weighted by Gasteiger charge is -2.35. The van der Waals surface area contributed by atoms with Crippen molar-refractivity contribution in [1.82, 2.24) is 9.97 Å². The number of aryl methyl sites for hydroxylation is 1. The number of aromatic amines is 1. The van der Waals surface area contributed by atoms with Crippen molar-refractivity contribution in [2.45, 2.75) is 19.1 Å². The highest BCUT2D eigenvalue weighted by Gasteiger charge is 2.51. The highest BCUT2D eigenvalue weighted by molar-refractivity contribution is 6.12. The second-order valence-electron chi connectivity index (χ2n) is 7.90. The predicted octanol–water partition coefficient (Wildman–Crippen LogP) is 4.72. The Morgan fingerprint density at radius 1 is 1.20 bits per heavy atom. The van der Waals surface area contributed by atoms with E-state index in [0.717, 1.165) is 4.90 Å². The Hall–Kier alpha value is -3.95. The summed E-state index contributed by atoms with van der Waals surface area (Å²) in [5.74, 6) is -0.910. The number of halogens is 2. The van der Waals surface area contributed by atoms with E-state index in [0.29, 0.717) is 34.1 Å². The van der Waals surface area contributed by atoms with Crippen LogP contribution in [-0.4, -0.2) is 34.2 Å². The van der Waals surface area contributed by atoms with E-state index in [4.69, 9.17) is 0 Å². The predicted molar refractivity (Wildman–Crippen MR) is 131 cm³/mol. The van der Waals surface area contributed by atoms with E-state index in [2.05, 4.69) is 20.0 Å². The molecule has 2 heterocycles. The number of ether oxygens (including phenoxy) is 1. The van der Waals surface area contributed by atoms with Crippen LogP contribution < -0.4 is 10.2 Å². The van der Waals surface area contributed by atoms with E-state index in [-0.39, 0.29) is 29.6 Å². The van der Waals surface area contributed by atoms with Gasteiger partial charge >= 0.3 is 6.09 Å². The summed E-state index contributed by atoms with van der Waals surface area (Å²) in [6, 6.07) is 16.3. The number of methoxy groups -OCH3 is 1. The summed E-state index contributed by atoms with van der Waals surface area (Å²) in [4.78, 5) is 33.3. The highest BCUT2D eigenvalue weighted by Crippen LogP contribution is 2.46. The van der Waals surface area contributed by atoms with E-state index in [1.165, 1.54) is 13.2 Å². The maximum Gasteiger partial charge on any atom is 0.413 e. The molecule has 10 heteroatoms. The van der Waals surface area contributed by atoms with Gasteiger partial charge < -0.3 is 14.8 Å². The number of benzene rings is 3. The zero-order chi connectivity index (χ0) is 24.0. The topological polar surface area (TPSA) is 108 Å². The number of rotatable bonds is 4. The molecule has 4 aromatic rings. The highest BCUT2D eigenvalue weighted by atomic mass is 35.5. The maximum atomic E-state index is 15.4. The van der Waals surface area contributed by atoms with Gasteiger partial charge in [0.05, 0.1) is 23.8 Å². The van der Waals surface area contributed by atoms with Crippen LogP contribution in [0.25, 0.3) is 11.0 Å². The molecular weight excluding hydrogens is 475 g/mol. The molecule has 1 unspecified atom stereocenters. The number of fused-ring (bicyclic) bond motifs is 2. The normalized spacial score (nSPS) is 16.7. The smallest absolute Gasteiger partial charge is 0.413 e. The summed E-state index contributed by atoms with van der Waals surface area (Å²) in [6.45, 7) is 1.82. The lowest BCUT2D eigenvalue weighted by atomic mass is 9.93. The first-order valence-corrected chi connectivity index (χ1v) is 10.7. The van der Waals surface area contributed by atoms with E-state index < -0.39 is 23.5 Å². The third kappa shape index (κ3) is 3.69. The Morgan fingerprint density at radius 2 is 1.97 bits per heavy atom. The van der Waals surface area contributed by atoms with Crippen molar-refractivity contribution in [2.24, 2.45) is 0 Å². The molecule has 180 valence electrons. The van der Waals surface area contributed by atoms with Crippen LogP contribution in [0.15, 0.2) is 60.7 Å². The largest absolute Gasteiger partial charge is 0.453 e. The number of carbonyl (C=O) groups excluding carboxylic acids is 2. The van der Waals surface area contributed by atoms with Crippen molar-refractivity contribution in [3.63, 3.8) is 0 Å². The van der Waals surface area contributed by atoms with Crippen molar-refractivity contribution in [1.29, 1.82) is 0 Å². The van der Waals surface area contributed by atoms with Gasteiger partial charge in [-0.25, -0.2) is 14.2 Å². The average Bonchev–Trinajstić information content (AvgIpc) is 3.35. The summed E-state index contributed by atoms with van der Waals surface area (Å²) < 4.78 is 20.0. The van der Waals surface area contributed by atoms with E-state index in [9.17, 15) is 14.7 Å².